The Morgan fingerprint density at radius 3 is 2.64 bits per heavy atom. The Kier molecular flexibility index (Phi) is 5.58. The molecule has 0 saturated carbocycles. The molecule has 0 amide bonds. The van der Waals surface area contributed by atoms with Crippen molar-refractivity contribution >= 4 is 11.9 Å². The van der Waals surface area contributed by atoms with Crippen LogP contribution in [-0.2, 0) is 20.7 Å². The second-order valence-electron chi connectivity index (χ2n) is 5.26. The summed E-state index contributed by atoms with van der Waals surface area (Å²) in [5.74, 6) is -1.27. The number of carbonyl (C=O) groups excluding carboxylic acids is 1. The van der Waals surface area contributed by atoms with E-state index in [0.29, 0.717) is 37.1 Å². The average molecular weight is 303 g/mol. The molecule has 1 atom stereocenters. The van der Waals surface area contributed by atoms with Gasteiger partial charge in [-0.25, -0.2) is 9.59 Å². The summed E-state index contributed by atoms with van der Waals surface area (Å²) < 4.78 is 5.03. The normalized spacial score (nSPS) is 15.5. The van der Waals surface area contributed by atoms with Crippen LogP contribution in [0.2, 0.25) is 0 Å². The second kappa shape index (κ2) is 7.64. The van der Waals surface area contributed by atoms with Crippen molar-refractivity contribution < 1.29 is 19.4 Å². The van der Waals surface area contributed by atoms with Crippen LogP contribution in [0.1, 0.15) is 31.7 Å². The van der Waals surface area contributed by atoms with E-state index in [2.05, 4.69) is 5.32 Å². The van der Waals surface area contributed by atoms with E-state index >= 15 is 0 Å². The Morgan fingerprint density at radius 1 is 1.27 bits per heavy atom. The maximum Gasteiger partial charge on any atom is 0.335 e. The van der Waals surface area contributed by atoms with Gasteiger partial charge in [-0.05, 0) is 31.7 Å². The summed E-state index contributed by atoms with van der Waals surface area (Å²) >= 11 is 0. The van der Waals surface area contributed by atoms with Gasteiger partial charge in [0.2, 0.25) is 0 Å². The molecule has 2 rings (SSSR count). The van der Waals surface area contributed by atoms with E-state index in [9.17, 15) is 14.7 Å². The predicted molar refractivity (Wildman–Crippen MR) is 82.2 cm³/mol. The lowest BCUT2D eigenvalue weighted by atomic mass is 10.1. The molecule has 2 N–H and O–H groups in total. The molecule has 1 aromatic rings. The number of allylic oxidation sites excluding steroid dienone is 1. The van der Waals surface area contributed by atoms with Gasteiger partial charge in [-0.2, -0.15) is 0 Å². The molecule has 1 unspecified atom stereocenters. The van der Waals surface area contributed by atoms with Crippen molar-refractivity contribution in [2.45, 2.75) is 38.6 Å². The van der Waals surface area contributed by atoms with E-state index in [1.165, 1.54) is 0 Å². The summed E-state index contributed by atoms with van der Waals surface area (Å²) in [6, 6.07) is 8.70. The molecule has 1 aliphatic carbocycles. The smallest absolute Gasteiger partial charge is 0.335 e. The second-order valence-corrected chi connectivity index (χ2v) is 5.26. The number of aliphatic carboxylic acids is 1. The highest BCUT2D eigenvalue weighted by Crippen LogP contribution is 2.25. The van der Waals surface area contributed by atoms with Crippen LogP contribution in [0.3, 0.4) is 0 Å². The summed E-state index contributed by atoms with van der Waals surface area (Å²) in [7, 11) is 0. The molecule has 5 heteroatoms. The number of benzene rings is 1. The largest absolute Gasteiger partial charge is 0.480 e. The zero-order valence-electron chi connectivity index (χ0n) is 12.7. The number of ether oxygens (including phenoxy) is 1. The van der Waals surface area contributed by atoms with E-state index in [0.717, 1.165) is 12.0 Å². The van der Waals surface area contributed by atoms with Crippen molar-refractivity contribution in [3.63, 3.8) is 0 Å². The Bertz CT molecular complexity index is 565. The van der Waals surface area contributed by atoms with E-state index in [-0.39, 0.29) is 5.97 Å². The minimum atomic E-state index is -0.925. The maximum absolute atomic E-state index is 11.9. The summed E-state index contributed by atoms with van der Waals surface area (Å²) in [5.41, 5.74) is 2.24. The van der Waals surface area contributed by atoms with Crippen LogP contribution in [0, 0.1) is 0 Å². The number of hydrogen-bond donors (Lipinski definition) is 2. The number of esters is 1. The van der Waals surface area contributed by atoms with Gasteiger partial charge < -0.3 is 15.2 Å². The Morgan fingerprint density at radius 2 is 2.00 bits per heavy atom. The van der Waals surface area contributed by atoms with Gasteiger partial charge in [0.05, 0.1) is 12.2 Å². The molecule has 22 heavy (non-hydrogen) atoms. The number of rotatable bonds is 7. The lowest BCUT2D eigenvalue weighted by Gasteiger charge is -2.18. The predicted octanol–water partition coefficient (Wildman–Crippen LogP) is 2.27. The highest BCUT2D eigenvalue weighted by molar-refractivity contribution is 5.90. The van der Waals surface area contributed by atoms with Gasteiger partial charge in [-0.3, -0.25) is 0 Å². The first kappa shape index (κ1) is 16.1. The Labute approximate surface area is 130 Å². The van der Waals surface area contributed by atoms with E-state index in [4.69, 9.17) is 4.74 Å². The molecule has 1 aliphatic rings. The average Bonchev–Trinajstić information content (AvgIpc) is 2.96. The van der Waals surface area contributed by atoms with Gasteiger partial charge >= 0.3 is 11.9 Å². The van der Waals surface area contributed by atoms with Crippen molar-refractivity contribution in [1.29, 1.82) is 0 Å². The molecular weight excluding hydrogens is 282 g/mol. The number of carbonyl (C=O) groups is 2. The summed E-state index contributed by atoms with van der Waals surface area (Å²) in [4.78, 5) is 23.4. The minimum absolute atomic E-state index is 0.321. The summed E-state index contributed by atoms with van der Waals surface area (Å²) in [6.45, 7) is 2.08. The van der Waals surface area contributed by atoms with Gasteiger partial charge in [-0.1, -0.05) is 30.3 Å². The van der Waals surface area contributed by atoms with E-state index in [1.54, 1.807) is 6.92 Å². The van der Waals surface area contributed by atoms with Crippen molar-refractivity contribution in [2.24, 2.45) is 0 Å². The minimum Gasteiger partial charge on any atom is -0.480 e. The molecule has 0 aromatic heterocycles. The summed E-state index contributed by atoms with van der Waals surface area (Å²) in [6.07, 6.45) is 2.54. The molecule has 0 saturated heterocycles. The highest BCUT2D eigenvalue weighted by Gasteiger charge is 2.26. The zero-order chi connectivity index (χ0) is 15.9. The molecule has 0 fully saturated rings. The van der Waals surface area contributed by atoms with Crippen LogP contribution >= 0.6 is 0 Å². The van der Waals surface area contributed by atoms with Gasteiger partial charge in [-0.15, -0.1) is 0 Å². The third-order valence-corrected chi connectivity index (χ3v) is 3.67. The third-order valence-electron chi connectivity index (χ3n) is 3.67. The van der Waals surface area contributed by atoms with Crippen LogP contribution in [0.25, 0.3) is 0 Å². The first-order valence-electron chi connectivity index (χ1n) is 7.54. The number of nitrogens with one attached hydrogen (secondary N) is 1. The van der Waals surface area contributed by atoms with Crippen LogP contribution < -0.4 is 5.32 Å². The van der Waals surface area contributed by atoms with Gasteiger partial charge in [0.1, 0.15) is 6.04 Å². The molecule has 0 aliphatic heterocycles. The van der Waals surface area contributed by atoms with Gasteiger partial charge in [0, 0.05) is 12.1 Å². The highest BCUT2D eigenvalue weighted by atomic mass is 16.5. The fourth-order valence-corrected chi connectivity index (χ4v) is 2.61. The van der Waals surface area contributed by atoms with Crippen LogP contribution in [0.4, 0.5) is 0 Å². The molecular formula is C17H21NO4. The van der Waals surface area contributed by atoms with Crippen LogP contribution in [-0.4, -0.2) is 29.7 Å². The van der Waals surface area contributed by atoms with Crippen molar-refractivity contribution in [3.8, 4) is 0 Å². The quantitative estimate of drug-likeness (QED) is 0.756. The Hall–Kier alpha value is -2.30. The fourth-order valence-electron chi connectivity index (χ4n) is 2.61. The lowest BCUT2D eigenvalue weighted by molar-refractivity contribution is -0.140. The SMILES string of the molecule is CCOC(=O)C1=C(NC(Cc2ccccc2)C(=O)O)CCC1. The molecule has 0 spiro atoms. The number of hydrogen-bond acceptors (Lipinski definition) is 4. The van der Waals surface area contributed by atoms with E-state index < -0.39 is 12.0 Å². The molecule has 0 heterocycles. The number of carboxylic acids is 1. The van der Waals surface area contributed by atoms with Crippen LogP contribution in [0.15, 0.2) is 41.6 Å². The molecule has 5 nitrogen and oxygen atoms in total. The third kappa shape index (κ3) is 4.10. The summed E-state index contributed by atoms with van der Waals surface area (Å²) in [5, 5.41) is 12.5. The monoisotopic (exact) mass is 303 g/mol. The van der Waals surface area contributed by atoms with Crippen LogP contribution in [0.5, 0.6) is 0 Å². The van der Waals surface area contributed by atoms with Gasteiger partial charge in [0.25, 0.3) is 0 Å². The van der Waals surface area contributed by atoms with Crippen molar-refractivity contribution in [3.05, 3.63) is 47.2 Å². The number of carboxylic acid groups (broad SMARTS) is 1. The molecule has 0 radical (unpaired) electrons. The van der Waals surface area contributed by atoms with Crippen molar-refractivity contribution in [1.82, 2.24) is 5.32 Å². The van der Waals surface area contributed by atoms with Gasteiger partial charge in [0.15, 0.2) is 0 Å². The Balaban J connectivity index is 2.11. The standard InChI is InChI=1S/C17H21NO4/c1-2-22-17(21)13-9-6-10-14(13)18-15(16(19)20)11-12-7-4-3-5-8-12/h3-5,7-8,15,18H,2,6,9-11H2,1H3,(H,19,20). The fraction of sp³-hybridized carbons (Fsp3) is 0.412. The zero-order valence-corrected chi connectivity index (χ0v) is 12.7. The van der Waals surface area contributed by atoms with Crippen molar-refractivity contribution in [2.75, 3.05) is 6.61 Å². The van der Waals surface area contributed by atoms with E-state index in [1.807, 2.05) is 30.3 Å². The molecule has 0 bridgehead atoms. The first-order valence-corrected chi connectivity index (χ1v) is 7.54. The lowest BCUT2D eigenvalue weighted by Crippen LogP contribution is -2.38. The maximum atomic E-state index is 11.9. The molecule has 118 valence electrons. The first-order chi connectivity index (χ1) is 10.6. The topological polar surface area (TPSA) is 75.6 Å². The molecule has 1 aromatic carbocycles.